The fourth-order valence-corrected chi connectivity index (χ4v) is 13.6. The second-order valence-electron chi connectivity index (χ2n) is 15.4. The van der Waals surface area contributed by atoms with Crippen molar-refractivity contribution >= 4 is 75.7 Å². The quantitative estimate of drug-likeness (QED) is 0.163. The summed E-state index contributed by atoms with van der Waals surface area (Å²) >= 11 is 0. The van der Waals surface area contributed by atoms with Gasteiger partial charge in [-0.1, -0.05) is 134 Å². The molecule has 7 aromatic rings. The normalized spacial score (nSPS) is 16.0. The van der Waals surface area contributed by atoms with E-state index in [2.05, 4.69) is 188 Å². The Morgan fingerprint density at radius 2 is 1.08 bits per heavy atom. The predicted octanol–water partition coefficient (Wildman–Crippen LogP) is 8.22. The fraction of sp³-hybridized carbons (Fsp3) is 0.106. The number of benzene rings is 7. The summed E-state index contributed by atoms with van der Waals surface area (Å²) in [5.74, 6) is 0. The standard InChI is InChI=1S/C47H37BN2Si/c1-30-25-26-40-38(27-30)48-37-21-14-20-36-46(37)50(42-29-31(2)28-41(45(42)48)49(40)32-15-6-5-7-16-32)39-22-11-8-17-33(39)47(36)34-18-9-12-23-43(34)51(3,4)44-24-13-10-19-35(44)47/h5-29H,1-4H3. The summed E-state index contributed by atoms with van der Waals surface area (Å²) in [5.41, 5.74) is 19.5. The molecule has 0 unspecified atom stereocenters. The molecule has 0 amide bonds. The Labute approximate surface area is 301 Å². The van der Waals surface area contributed by atoms with E-state index in [4.69, 9.17) is 0 Å². The van der Waals surface area contributed by atoms with Crippen LogP contribution in [0.15, 0.2) is 152 Å². The molecule has 0 N–H and O–H groups in total. The molecule has 51 heavy (non-hydrogen) atoms. The van der Waals surface area contributed by atoms with Crippen LogP contribution in [0.3, 0.4) is 0 Å². The lowest BCUT2D eigenvalue weighted by molar-refractivity contribution is 0.736. The smallest absolute Gasteiger partial charge is 0.252 e. The van der Waals surface area contributed by atoms with Crippen LogP contribution in [-0.4, -0.2) is 14.8 Å². The van der Waals surface area contributed by atoms with Crippen LogP contribution in [0.4, 0.5) is 34.1 Å². The topological polar surface area (TPSA) is 6.48 Å². The Hall–Kier alpha value is -5.58. The molecule has 0 radical (unpaired) electrons. The van der Waals surface area contributed by atoms with Gasteiger partial charge in [-0.05, 0) is 105 Å². The van der Waals surface area contributed by atoms with Gasteiger partial charge in [0, 0.05) is 28.4 Å². The Bertz CT molecular complexity index is 2580. The molecule has 0 aliphatic carbocycles. The van der Waals surface area contributed by atoms with Crippen LogP contribution in [-0.2, 0) is 5.41 Å². The average Bonchev–Trinajstić information content (AvgIpc) is 3.16. The van der Waals surface area contributed by atoms with Crippen molar-refractivity contribution in [2.45, 2.75) is 32.4 Å². The third-order valence-electron chi connectivity index (χ3n) is 12.4. The van der Waals surface area contributed by atoms with Crippen LogP contribution in [0.2, 0.25) is 13.1 Å². The van der Waals surface area contributed by atoms with Crippen LogP contribution in [0.25, 0.3) is 0 Å². The van der Waals surface area contributed by atoms with Crippen LogP contribution < -0.4 is 36.6 Å². The SMILES string of the molecule is Cc1ccc2c(c1)B1c3cccc4c3N(c3ccccc3C43c4ccccc4[Si](C)(C)c4ccccc43)c3cc(C)cc(c31)N2c1ccccc1. The van der Waals surface area contributed by atoms with Crippen LogP contribution >= 0.6 is 0 Å². The highest BCUT2D eigenvalue weighted by Gasteiger charge is 2.56. The first-order valence-electron chi connectivity index (χ1n) is 18.2. The molecule has 1 spiro atoms. The van der Waals surface area contributed by atoms with E-state index in [1.54, 1.807) is 0 Å². The molecule has 0 saturated heterocycles. The first kappa shape index (κ1) is 29.2. The number of anilines is 6. The molecule has 2 nitrogen and oxygen atoms in total. The van der Waals surface area contributed by atoms with Gasteiger partial charge < -0.3 is 9.80 Å². The third-order valence-corrected chi connectivity index (χ3v) is 15.9. The van der Waals surface area contributed by atoms with Crippen molar-refractivity contribution in [3.63, 3.8) is 0 Å². The van der Waals surface area contributed by atoms with Gasteiger partial charge in [0.05, 0.1) is 11.1 Å². The number of rotatable bonds is 1. The molecular formula is C47H37BN2Si. The number of fused-ring (bicyclic) bond motifs is 12. The third kappa shape index (κ3) is 3.53. The Morgan fingerprint density at radius 1 is 0.471 bits per heavy atom. The molecule has 0 atom stereocenters. The zero-order valence-electron chi connectivity index (χ0n) is 29.4. The summed E-state index contributed by atoms with van der Waals surface area (Å²) in [6, 6.07) is 58.2. The van der Waals surface area contributed by atoms with E-state index in [9.17, 15) is 0 Å². The van der Waals surface area contributed by atoms with E-state index in [0.717, 1.165) is 0 Å². The summed E-state index contributed by atoms with van der Waals surface area (Å²) < 4.78 is 0. The van der Waals surface area contributed by atoms with Crippen molar-refractivity contribution in [1.29, 1.82) is 0 Å². The maximum atomic E-state index is 2.64. The lowest BCUT2D eigenvalue weighted by Crippen LogP contribution is -2.65. The molecule has 4 heterocycles. The van der Waals surface area contributed by atoms with Crippen LogP contribution in [0.5, 0.6) is 0 Å². The van der Waals surface area contributed by atoms with Crippen molar-refractivity contribution in [1.82, 2.24) is 0 Å². The highest BCUT2D eigenvalue weighted by molar-refractivity contribution is 7.02. The summed E-state index contributed by atoms with van der Waals surface area (Å²) in [5, 5.41) is 3.08. The Kier molecular flexibility index (Phi) is 5.73. The summed E-state index contributed by atoms with van der Waals surface area (Å²) in [6.07, 6.45) is 0. The summed E-state index contributed by atoms with van der Waals surface area (Å²) in [6.45, 7) is 9.68. The molecule has 0 saturated carbocycles. The van der Waals surface area contributed by atoms with Crippen molar-refractivity contribution in [3.05, 3.63) is 185 Å². The molecule has 4 aliphatic rings. The number of aryl methyl sites for hydroxylation is 2. The minimum absolute atomic E-state index is 0.0962. The minimum atomic E-state index is -2.01. The van der Waals surface area contributed by atoms with E-state index in [1.165, 1.54) is 94.3 Å². The Balaban J connectivity index is 1.31. The van der Waals surface area contributed by atoms with Crippen LogP contribution in [0, 0.1) is 13.8 Å². The van der Waals surface area contributed by atoms with Crippen molar-refractivity contribution in [2.24, 2.45) is 0 Å². The molecule has 7 aromatic carbocycles. The highest BCUT2D eigenvalue weighted by Crippen LogP contribution is 2.59. The maximum Gasteiger partial charge on any atom is 0.252 e. The van der Waals surface area contributed by atoms with Gasteiger partial charge in [-0.3, -0.25) is 0 Å². The van der Waals surface area contributed by atoms with E-state index < -0.39 is 13.5 Å². The second-order valence-corrected chi connectivity index (χ2v) is 19.8. The van der Waals surface area contributed by atoms with Gasteiger partial charge in [-0.2, -0.15) is 0 Å². The Morgan fingerprint density at radius 3 is 1.80 bits per heavy atom. The maximum absolute atomic E-state index is 2.64. The average molecular weight is 669 g/mol. The molecule has 4 heteroatoms. The zero-order valence-corrected chi connectivity index (χ0v) is 30.4. The highest BCUT2D eigenvalue weighted by atomic mass is 28.3. The van der Waals surface area contributed by atoms with E-state index in [0.29, 0.717) is 0 Å². The molecule has 0 fully saturated rings. The number of hydrogen-bond donors (Lipinski definition) is 0. The summed E-state index contributed by atoms with van der Waals surface area (Å²) in [7, 11) is -2.01. The monoisotopic (exact) mass is 668 g/mol. The van der Waals surface area contributed by atoms with E-state index >= 15 is 0 Å². The fourth-order valence-electron chi connectivity index (χ4n) is 10.4. The van der Waals surface area contributed by atoms with Crippen LogP contribution in [0.1, 0.15) is 33.4 Å². The molecule has 4 aliphatic heterocycles. The molecular weight excluding hydrogens is 631 g/mol. The predicted molar refractivity (Wildman–Crippen MR) is 219 cm³/mol. The van der Waals surface area contributed by atoms with E-state index in [1.807, 2.05) is 0 Å². The van der Waals surface area contributed by atoms with Gasteiger partial charge in [0.1, 0.15) is 8.07 Å². The number of hydrogen-bond acceptors (Lipinski definition) is 2. The molecule has 242 valence electrons. The molecule has 0 bridgehead atoms. The molecule has 11 rings (SSSR count). The lowest BCUT2D eigenvalue weighted by atomic mass is 9.32. The van der Waals surface area contributed by atoms with Gasteiger partial charge in [0.2, 0.25) is 0 Å². The second kappa shape index (κ2) is 10.0. The van der Waals surface area contributed by atoms with Gasteiger partial charge in [-0.25, -0.2) is 0 Å². The van der Waals surface area contributed by atoms with Crippen molar-refractivity contribution in [3.8, 4) is 0 Å². The lowest BCUT2D eigenvalue weighted by Gasteiger charge is -2.54. The summed E-state index contributed by atoms with van der Waals surface area (Å²) in [4.78, 5) is 5.14. The van der Waals surface area contributed by atoms with Gasteiger partial charge >= 0.3 is 0 Å². The number of nitrogens with zero attached hydrogens (tertiary/aromatic N) is 2. The zero-order chi connectivity index (χ0) is 34.2. The van der Waals surface area contributed by atoms with Gasteiger partial charge in [-0.15, -0.1) is 0 Å². The van der Waals surface area contributed by atoms with Crippen molar-refractivity contribution in [2.75, 3.05) is 9.80 Å². The van der Waals surface area contributed by atoms with Crippen molar-refractivity contribution < 1.29 is 0 Å². The van der Waals surface area contributed by atoms with E-state index in [-0.39, 0.29) is 6.71 Å². The van der Waals surface area contributed by atoms with Gasteiger partial charge in [0.15, 0.2) is 0 Å². The molecule has 0 aromatic heterocycles. The number of para-hydroxylation sites is 3. The largest absolute Gasteiger partial charge is 0.311 e. The van der Waals surface area contributed by atoms with Gasteiger partial charge in [0.25, 0.3) is 6.71 Å². The minimum Gasteiger partial charge on any atom is -0.311 e. The first-order valence-corrected chi connectivity index (χ1v) is 21.2. The first-order chi connectivity index (χ1) is 24.9.